The van der Waals surface area contributed by atoms with E-state index < -0.39 is 24.1 Å². The summed E-state index contributed by atoms with van der Waals surface area (Å²) in [5, 5.41) is 65.1. The summed E-state index contributed by atoms with van der Waals surface area (Å²) in [6.07, 6.45) is 52.3. The Hall–Kier alpha value is -1.82. The van der Waals surface area contributed by atoms with Gasteiger partial charge in [-0.1, -0.05) is 192 Å². The molecule has 0 aliphatic carbocycles. The lowest BCUT2D eigenvalue weighted by Gasteiger charge is -2.01. The smallest absolute Gasteiger partial charge is 0.303 e. The van der Waals surface area contributed by atoms with Gasteiger partial charge in [-0.2, -0.15) is 0 Å². The van der Waals surface area contributed by atoms with Gasteiger partial charge in [-0.15, -0.1) is 0 Å². The van der Waals surface area contributed by atoms with Crippen molar-refractivity contribution in [3.63, 3.8) is 0 Å². The van der Waals surface area contributed by atoms with E-state index in [2.05, 4.69) is 38.2 Å². The summed E-state index contributed by atoms with van der Waals surface area (Å²) >= 11 is 0. The van der Waals surface area contributed by atoms with Gasteiger partial charge < -0.3 is 40.9 Å². The summed E-state index contributed by atoms with van der Waals surface area (Å²) in [6.45, 7) is 3.09. The van der Waals surface area contributed by atoms with Gasteiger partial charge in [0, 0.05) is 12.8 Å². The molecule has 0 rings (SSSR count). The van der Waals surface area contributed by atoms with Gasteiger partial charge in [-0.25, -0.2) is 0 Å². The third-order valence-corrected chi connectivity index (χ3v) is 10.1. The Morgan fingerprint density at radius 2 is 0.517 bits per heavy atom. The molecule has 10 nitrogen and oxygen atoms in total. The van der Waals surface area contributed by atoms with Gasteiger partial charge in [0.2, 0.25) is 0 Å². The quantitative estimate of drug-likeness (QED) is 0.0216. The highest BCUT2D eigenvalue weighted by Crippen LogP contribution is 2.14. The summed E-state index contributed by atoms with van der Waals surface area (Å²) in [5.74, 6) is -1.31. The second-order valence-electron chi connectivity index (χ2n) is 16.3. The fourth-order valence-corrected chi connectivity index (χ4v) is 6.22. The van der Waals surface area contributed by atoms with Gasteiger partial charge in [0.05, 0.1) is 26.4 Å². The molecular formula is C50H100O10. The van der Waals surface area contributed by atoms with E-state index in [0.29, 0.717) is 12.8 Å². The maximum Gasteiger partial charge on any atom is 0.303 e. The fraction of sp³-hybridized carbons (Fsp3) is 0.880. The molecule has 0 heterocycles. The van der Waals surface area contributed by atoms with Crippen LogP contribution in [0.5, 0.6) is 0 Å². The van der Waals surface area contributed by atoms with Crippen LogP contribution in [-0.4, -0.2) is 91.4 Å². The van der Waals surface area contributed by atoms with Crippen LogP contribution in [0.15, 0.2) is 24.3 Å². The number of carboxylic acids is 2. The Morgan fingerprint density at radius 3 is 0.683 bits per heavy atom. The largest absolute Gasteiger partial charge is 0.481 e. The molecule has 0 spiro atoms. The molecule has 0 saturated heterocycles. The lowest BCUT2D eigenvalue weighted by Crippen LogP contribution is -2.15. The molecule has 0 atom stereocenters. The normalized spacial score (nSPS) is 11.1. The summed E-state index contributed by atoms with van der Waals surface area (Å²) in [6, 6.07) is 0. The van der Waals surface area contributed by atoms with E-state index in [9.17, 15) is 9.59 Å². The minimum Gasteiger partial charge on any atom is -0.481 e. The standard InChI is InChI=1S/2C22H42O2.2C3H8O3/c2*1-2-3-4-5-6-7-8-9-10-11-12-13-14-15-16-17-18-19-20-21-22(23)24;2*4-1-3(6)2-5/h2*9-10H,2-8,11-21H2,1H3,(H,23,24);2*3-6H,1-2H2/b2*10-9-;;. The van der Waals surface area contributed by atoms with E-state index in [4.69, 9.17) is 40.9 Å². The molecule has 0 amide bonds. The predicted molar refractivity (Wildman–Crippen MR) is 251 cm³/mol. The van der Waals surface area contributed by atoms with Crippen LogP contribution in [0.3, 0.4) is 0 Å². The molecule has 60 heavy (non-hydrogen) atoms. The Kier molecular flexibility index (Phi) is 66.4. The number of carbonyl (C=O) groups is 2. The number of hydrogen-bond acceptors (Lipinski definition) is 8. The third kappa shape index (κ3) is 73.7. The molecular weight excluding hydrogens is 761 g/mol. The molecule has 0 aliphatic rings. The number of hydrogen-bond donors (Lipinski definition) is 8. The summed E-state index contributed by atoms with van der Waals surface area (Å²) in [5.41, 5.74) is 0. The minimum atomic E-state index is -0.954. The molecule has 0 aromatic rings. The van der Waals surface area contributed by atoms with Crippen LogP contribution in [0, 0.1) is 0 Å². The third-order valence-electron chi connectivity index (χ3n) is 10.1. The first-order valence-electron chi connectivity index (χ1n) is 24.7. The predicted octanol–water partition coefficient (Wildman–Crippen LogP) is 12.0. The van der Waals surface area contributed by atoms with Gasteiger partial charge >= 0.3 is 11.9 Å². The average molecular weight is 861 g/mol. The Balaban J connectivity index is -0.000000410. The molecule has 10 heteroatoms. The van der Waals surface area contributed by atoms with Gasteiger partial charge in [-0.3, -0.25) is 9.59 Å². The van der Waals surface area contributed by atoms with Crippen molar-refractivity contribution in [1.82, 2.24) is 0 Å². The zero-order valence-corrected chi connectivity index (χ0v) is 39.1. The first-order valence-corrected chi connectivity index (χ1v) is 24.7. The van der Waals surface area contributed by atoms with Gasteiger partial charge in [-0.05, 0) is 64.2 Å². The Bertz CT molecular complexity index is 775. The van der Waals surface area contributed by atoms with Gasteiger partial charge in [0.25, 0.3) is 0 Å². The summed E-state index contributed by atoms with van der Waals surface area (Å²) < 4.78 is 0. The van der Waals surface area contributed by atoms with Crippen LogP contribution in [0.25, 0.3) is 0 Å². The van der Waals surface area contributed by atoms with E-state index >= 15 is 0 Å². The molecule has 0 fully saturated rings. The van der Waals surface area contributed by atoms with Crippen molar-refractivity contribution >= 4 is 11.9 Å². The van der Waals surface area contributed by atoms with Gasteiger partial charge in [0.15, 0.2) is 0 Å². The number of aliphatic carboxylic acids is 2. The highest BCUT2D eigenvalue weighted by molar-refractivity contribution is 5.66. The zero-order valence-electron chi connectivity index (χ0n) is 39.1. The summed E-state index contributed by atoms with van der Waals surface area (Å²) in [7, 11) is 0. The van der Waals surface area contributed by atoms with E-state index in [1.165, 1.54) is 193 Å². The molecule has 0 radical (unpaired) electrons. The molecule has 0 aliphatic heterocycles. The number of unbranched alkanes of at least 4 members (excludes halogenated alkanes) is 30. The first kappa shape index (κ1) is 64.8. The molecule has 360 valence electrons. The van der Waals surface area contributed by atoms with Crippen molar-refractivity contribution in [2.45, 2.75) is 257 Å². The first-order chi connectivity index (χ1) is 29.2. The topological polar surface area (TPSA) is 196 Å². The monoisotopic (exact) mass is 861 g/mol. The zero-order chi connectivity index (χ0) is 45.4. The van der Waals surface area contributed by atoms with Crippen LogP contribution in [-0.2, 0) is 9.59 Å². The van der Waals surface area contributed by atoms with Crippen LogP contribution in [0.2, 0.25) is 0 Å². The Labute approximate surface area is 369 Å². The van der Waals surface area contributed by atoms with Crippen molar-refractivity contribution in [2.24, 2.45) is 0 Å². The van der Waals surface area contributed by atoms with Crippen LogP contribution in [0.4, 0.5) is 0 Å². The Morgan fingerprint density at radius 1 is 0.333 bits per heavy atom. The molecule has 0 aromatic heterocycles. The van der Waals surface area contributed by atoms with Crippen molar-refractivity contribution in [1.29, 1.82) is 0 Å². The van der Waals surface area contributed by atoms with Crippen molar-refractivity contribution in [2.75, 3.05) is 26.4 Å². The van der Waals surface area contributed by atoms with Crippen LogP contribution in [0.1, 0.15) is 245 Å². The van der Waals surface area contributed by atoms with E-state index in [-0.39, 0.29) is 26.4 Å². The minimum absolute atomic E-state index is 0.340. The molecule has 0 unspecified atom stereocenters. The summed E-state index contributed by atoms with van der Waals surface area (Å²) in [4.78, 5) is 20.8. The molecule has 0 bridgehead atoms. The molecule has 0 saturated carbocycles. The van der Waals surface area contributed by atoms with E-state index in [1.807, 2.05) is 0 Å². The highest BCUT2D eigenvalue weighted by atomic mass is 16.4. The second-order valence-corrected chi connectivity index (χ2v) is 16.3. The van der Waals surface area contributed by atoms with E-state index in [0.717, 1.165) is 25.7 Å². The maximum absolute atomic E-state index is 10.4. The second kappa shape index (κ2) is 61.5. The lowest BCUT2D eigenvalue weighted by molar-refractivity contribution is -0.138. The van der Waals surface area contributed by atoms with Gasteiger partial charge in [0.1, 0.15) is 12.2 Å². The lowest BCUT2D eigenvalue weighted by atomic mass is 10.1. The van der Waals surface area contributed by atoms with Crippen molar-refractivity contribution in [3.8, 4) is 0 Å². The van der Waals surface area contributed by atoms with Crippen LogP contribution >= 0.6 is 0 Å². The van der Waals surface area contributed by atoms with Crippen molar-refractivity contribution in [3.05, 3.63) is 24.3 Å². The number of aliphatic hydroxyl groups excluding tert-OH is 6. The fourth-order valence-electron chi connectivity index (χ4n) is 6.22. The van der Waals surface area contributed by atoms with Crippen molar-refractivity contribution < 1.29 is 50.4 Å². The number of allylic oxidation sites excluding steroid dienone is 4. The van der Waals surface area contributed by atoms with E-state index in [1.54, 1.807) is 0 Å². The number of carboxylic acid groups (broad SMARTS) is 2. The van der Waals surface area contributed by atoms with Crippen LogP contribution < -0.4 is 0 Å². The average Bonchev–Trinajstić information content (AvgIpc) is 3.25. The highest BCUT2D eigenvalue weighted by Gasteiger charge is 1.99. The number of rotatable bonds is 42. The molecule has 8 N–H and O–H groups in total. The molecule has 0 aromatic carbocycles. The number of aliphatic hydroxyl groups is 6. The SMILES string of the molecule is CCCCCCCC/C=C\CCCCCCCCCCCC(=O)O.CCCCCCCC/C=C\CCCCCCCCCCCC(=O)O.OCC(O)CO.OCC(O)CO. The maximum atomic E-state index is 10.4.